The molecule has 0 fully saturated rings. The molecule has 0 aromatic heterocycles. The summed E-state index contributed by atoms with van der Waals surface area (Å²) in [4.78, 5) is 0. The fourth-order valence-corrected chi connectivity index (χ4v) is 8.05. The van der Waals surface area contributed by atoms with Gasteiger partial charge in [-0.25, -0.2) is 0 Å². The van der Waals surface area contributed by atoms with Crippen molar-refractivity contribution < 1.29 is 18.9 Å². The minimum absolute atomic E-state index is 0.650. The van der Waals surface area contributed by atoms with E-state index in [0.717, 1.165) is 69.6 Å². The first kappa shape index (κ1) is 54.2. The molecule has 3 rings (SSSR count). The van der Waals surface area contributed by atoms with Crippen molar-refractivity contribution in [1.29, 1.82) is 0 Å². The second-order valence-electron chi connectivity index (χ2n) is 18.0. The predicted octanol–water partition coefficient (Wildman–Crippen LogP) is 14.7. The number of fused-ring (bicyclic) bond motifs is 2. The third-order valence-corrected chi connectivity index (χ3v) is 12.1. The van der Waals surface area contributed by atoms with Gasteiger partial charge in [-0.1, -0.05) is 230 Å². The third-order valence-electron chi connectivity index (χ3n) is 12.1. The van der Waals surface area contributed by atoms with Crippen LogP contribution in [0.25, 0.3) is 22.9 Å². The molecule has 64 heavy (non-hydrogen) atoms. The summed E-state index contributed by atoms with van der Waals surface area (Å²) in [7, 11) is 0. The number of ether oxygens (including phenoxy) is 4. The Labute approximate surface area is 391 Å². The normalized spacial score (nSPS) is 11.2. The van der Waals surface area contributed by atoms with Gasteiger partial charge in [0.15, 0.2) is 23.0 Å². The Bertz CT molecular complexity index is 1750. The van der Waals surface area contributed by atoms with Gasteiger partial charge in [-0.15, -0.1) is 0 Å². The predicted molar refractivity (Wildman–Crippen MR) is 271 cm³/mol. The molecule has 352 valence electrons. The van der Waals surface area contributed by atoms with Crippen molar-refractivity contribution in [2.45, 2.75) is 233 Å². The molecule has 2 aromatic carbocycles. The summed E-state index contributed by atoms with van der Waals surface area (Å²) in [6.45, 7) is 11.7. The van der Waals surface area contributed by atoms with Gasteiger partial charge in [0.2, 0.25) is 0 Å². The molecule has 2 aromatic rings. The van der Waals surface area contributed by atoms with Crippen LogP contribution >= 0.6 is 0 Å². The molecule has 0 unspecified atom stereocenters. The maximum Gasteiger partial charge on any atom is 0.162 e. The lowest BCUT2D eigenvalue weighted by Gasteiger charge is -2.13. The van der Waals surface area contributed by atoms with Crippen LogP contribution in [-0.2, 0) is 0 Å². The van der Waals surface area contributed by atoms with Gasteiger partial charge in [0.1, 0.15) is 0 Å². The molecule has 0 saturated heterocycles. The molecule has 0 saturated carbocycles. The van der Waals surface area contributed by atoms with E-state index >= 15 is 0 Å². The maximum atomic E-state index is 6.43. The van der Waals surface area contributed by atoms with Gasteiger partial charge < -0.3 is 18.9 Å². The second kappa shape index (κ2) is 38.2. The molecule has 0 bridgehead atoms. The Morgan fingerprint density at radius 2 is 0.422 bits per heavy atom. The van der Waals surface area contributed by atoms with E-state index < -0.39 is 0 Å². The first-order chi connectivity index (χ1) is 31.7. The van der Waals surface area contributed by atoms with Crippen molar-refractivity contribution in [2.75, 3.05) is 26.4 Å². The molecule has 0 aliphatic heterocycles. The van der Waals surface area contributed by atoms with Gasteiger partial charge >= 0.3 is 0 Å². The minimum atomic E-state index is 0.650. The number of benzene rings is 2. The van der Waals surface area contributed by atoms with E-state index in [9.17, 15) is 0 Å². The number of hydrogen-bond acceptors (Lipinski definition) is 4. The standard InChI is InChI=1S/C60H88O4/c1-5-9-13-17-21-25-29-37-45-61-57-49-53-41-33-34-43-55-51-59(63-47-39-31-27-23-19-15-11-7-3)60(64-48-40-32-28-24-20-16-12-8-4)52-56(55)44-36-35-42-54(53)50-58(57)62-46-38-30-26-22-18-14-10-6-2/h49-52H,5-32,37-40,45-48H2,1-4H3. The van der Waals surface area contributed by atoms with E-state index in [-0.39, 0.29) is 0 Å². The average molecular weight is 873 g/mol. The summed E-state index contributed by atoms with van der Waals surface area (Å²) in [6.07, 6.45) is 40.2. The lowest BCUT2D eigenvalue weighted by Crippen LogP contribution is -2.23. The van der Waals surface area contributed by atoms with Crippen molar-refractivity contribution in [3.63, 3.8) is 0 Å². The number of unbranched alkanes of at least 4 members (excludes halogenated alkanes) is 28. The Morgan fingerprint density at radius 1 is 0.250 bits per heavy atom. The van der Waals surface area contributed by atoms with E-state index in [1.165, 1.54) is 180 Å². The van der Waals surface area contributed by atoms with Gasteiger partial charge in [0.25, 0.3) is 0 Å². The molecular weight excluding hydrogens is 785 g/mol. The Morgan fingerprint density at radius 3 is 0.609 bits per heavy atom. The monoisotopic (exact) mass is 873 g/mol. The first-order valence-corrected chi connectivity index (χ1v) is 26.6. The van der Waals surface area contributed by atoms with Crippen LogP contribution in [-0.4, -0.2) is 26.4 Å². The van der Waals surface area contributed by atoms with Gasteiger partial charge in [-0.2, -0.15) is 0 Å². The average Bonchev–Trinajstić information content (AvgIpc) is 3.30. The zero-order chi connectivity index (χ0) is 45.4. The molecule has 4 heteroatoms. The summed E-state index contributed by atoms with van der Waals surface area (Å²) in [5, 5.41) is 3.09. The van der Waals surface area contributed by atoms with E-state index in [4.69, 9.17) is 18.9 Å². The Hall–Kier alpha value is -4.12. The molecule has 0 heterocycles. The Balaban J connectivity index is 1.90. The fraction of sp³-hybridized carbons (Fsp3) is 0.667. The summed E-state index contributed by atoms with van der Waals surface area (Å²) < 4.78 is 25.7. The molecule has 0 amide bonds. The summed E-state index contributed by atoms with van der Waals surface area (Å²) in [6, 6.07) is 7.97. The van der Waals surface area contributed by atoms with E-state index in [1.807, 2.05) is 24.3 Å². The van der Waals surface area contributed by atoms with Crippen molar-refractivity contribution >= 4 is 22.9 Å². The Kier molecular flexibility index (Phi) is 32.3. The quantitative estimate of drug-likeness (QED) is 0.0421. The lowest BCUT2D eigenvalue weighted by molar-refractivity contribution is 0.258. The van der Waals surface area contributed by atoms with E-state index in [0.29, 0.717) is 26.4 Å². The van der Waals surface area contributed by atoms with Crippen LogP contribution in [0.2, 0.25) is 0 Å². The SMILES string of the molecule is CCCCCCCCCCOc1cc2c(cc1OCCCCCCCCCC)=C=C=C=C=c1cc(OCCCCCCCCCC)c(OCCCCCCCCCC)cc1=C=C=C=C=2. The van der Waals surface area contributed by atoms with Crippen molar-refractivity contribution in [3.8, 4) is 23.0 Å². The van der Waals surface area contributed by atoms with Crippen LogP contribution in [0.3, 0.4) is 0 Å². The molecule has 4 nitrogen and oxygen atoms in total. The van der Waals surface area contributed by atoms with Crippen LogP contribution in [0.15, 0.2) is 47.2 Å². The van der Waals surface area contributed by atoms with Crippen molar-refractivity contribution in [3.05, 3.63) is 68.1 Å². The maximum absolute atomic E-state index is 6.43. The minimum Gasteiger partial charge on any atom is -0.490 e. The van der Waals surface area contributed by atoms with Crippen LogP contribution in [0.5, 0.6) is 23.0 Å². The van der Waals surface area contributed by atoms with Gasteiger partial charge in [0.05, 0.1) is 26.4 Å². The van der Waals surface area contributed by atoms with Gasteiger partial charge in [-0.05, 0) is 48.6 Å². The second-order valence-corrected chi connectivity index (χ2v) is 18.0. The third kappa shape index (κ3) is 25.4. The molecular formula is C60H88O4. The zero-order valence-electron chi connectivity index (χ0n) is 41.4. The van der Waals surface area contributed by atoms with Gasteiger partial charge in [-0.3, -0.25) is 0 Å². The molecule has 0 N–H and O–H groups in total. The molecule has 0 spiro atoms. The highest BCUT2D eigenvalue weighted by molar-refractivity contribution is 5.47. The van der Waals surface area contributed by atoms with Crippen molar-refractivity contribution in [2.24, 2.45) is 0 Å². The number of rotatable bonds is 40. The number of hydrogen-bond donors (Lipinski definition) is 0. The highest BCUT2D eigenvalue weighted by atomic mass is 16.5. The first-order valence-electron chi connectivity index (χ1n) is 26.6. The summed E-state index contributed by atoms with van der Waals surface area (Å²) in [5.74, 6) is 2.91. The lowest BCUT2D eigenvalue weighted by atomic mass is 10.1. The highest BCUT2D eigenvalue weighted by Crippen LogP contribution is 2.26. The molecule has 0 atom stereocenters. The van der Waals surface area contributed by atoms with E-state index in [1.54, 1.807) is 0 Å². The topological polar surface area (TPSA) is 36.9 Å². The highest BCUT2D eigenvalue weighted by Gasteiger charge is 2.09. The smallest absolute Gasteiger partial charge is 0.162 e. The summed E-state index contributed by atoms with van der Waals surface area (Å²) in [5.41, 5.74) is 25.7. The molecule has 1 aliphatic carbocycles. The van der Waals surface area contributed by atoms with Crippen LogP contribution < -0.4 is 39.8 Å². The zero-order valence-corrected chi connectivity index (χ0v) is 41.4. The fourth-order valence-electron chi connectivity index (χ4n) is 8.05. The molecule has 1 aliphatic rings. The summed E-state index contributed by atoms with van der Waals surface area (Å²) >= 11 is 0. The van der Waals surface area contributed by atoms with Crippen LogP contribution in [0.1, 0.15) is 233 Å². The van der Waals surface area contributed by atoms with Crippen LogP contribution in [0, 0.1) is 0 Å². The van der Waals surface area contributed by atoms with Gasteiger partial charge in [0, 0.05) is 45.1 Å². The van der Waals surface area contributed by atoms with Crippen molar-refractivity contribution in [1.82, 2.24) is 0 Å². The largest absolute Gasteiger partial charge is 0.490 e. The van der Waals surface area contributed by atoms with E-state index in [2.05, 4.69) is 73.5 Å². The molecule has 0 radical (unpaired) electrons. The van der Waals surface area contributed by atoms with Crippen LogP contribution in [0.4, 0.5) is 0 Å².